The van der Waals surface area contributed by atoms with Crippen molar-refractivity contribution in [3.8, 4) is 0 Å². The molecule has 0 fully saturated rings. The van der Waals surface area contributed by atoms with Gasteiger partial charge in [0.25, 0.3) is 5.56 Å². The van der Waals surface area contributed by atoms with E-state index in [9.17, 15) is 4.79 Å². The zero-order chi connectivity index (χ0) is 13.2. The van der Waals surface area contributed by atoms with E-state index in [0.717, 1.165) is 25.2 Å². The quantitative estimate of drug-likeness (QED) is 0.845. The lowest BCUT2D eigenvalue weighted by molar-refractivity contribution is 0.647. The number of hydrogen-bond acceptors (Lipinski definition) is 3. The van der Waals surface area contributed by atoms with Gasteiger partial charge in [0.1, 0.15) is 0 Å². The Bertz CT molecular complexity index is 648. The van der Waals surface area contributed by atoms with Gasteiger partial charge < -0.3 is 15.2 Å². The monoisotopic (exact) mass is 255 g/mol. The molecule has 0 aliphatic carbocycles. The van der Waals surface area contributed by atoms with Crippen LogP contribution in [0.1, 0.15) is 5.56 Å². The number of fused-ring (bicyclic) bond motifs is 1. The van der Waals surface area contributed by atoms with Crippen molar-refractivity contribution in [2.75, 3.05) is 23.7 Å². The summed E-state index contributed by atoms with van der Waals surface area (Å²) in [5.74, 6) is 0. The molecule has 1 aliphatic heterocycles. The molecule has 2 heterocycles. The minimum atomic E-state index is 0.0505. The van der Waals surface area contributed by atoms with Gasteiger partial charge in [-0.15, -0.1) is 0 Å². The third kappa shape index (κ3) is 2.34. The van der Waals surface area contributed by atoms with Crippen molar-refractivity contribution >= 4 is 11.4 Å². The third-order valence-corrected chi connectivity index (χ3v) is 3.61. The highest BCUT2D eigenvalue weighted by atomic mass is 16.1. The molecule has 19 heavy (non-hydrogen) atoms. The number of pyridine rings is 1. The van der Waals surface area contributed by atoms with Crippen molar-refractivity contribution in [3.05, 3.63) is 58.5 Å². The fraction of sp³-hybridized carbons (Fsp3) is 0.267. The summed E-state index contributed by atoms with van der Waals surface area (Å²) in [6.07, 6.45) is 2.89. The second-order valence-corrected chi connectivity index (χ2v) is 4.86. The van der Waals surface area contributed by atoms with E-state index in [1.54, 1.807) is 16.7 Å². The average molecular weight is 255 g/mol. The molecular weight excluding hydrogens is 238 g/mol. The normalized spacial score (nSPS) is 13.6. The van der Waals surface area contributed by atoms with Crippen LogP contribution >= 0.6 is 0 Å². The molecule has 1 aliphatic rings. The molecule has 0 spiro atoms. The van der Waals surface area contributed by atoms with E-state index in [-0.39, 0.29) is 5.56 Å². The fourth-order valence-corrected chi connectivity index (χ4v) is 2.57. The van der Waals surface area contributed by atoms with Crippen LogP contribution in [0.5, 0.6) is 0 Å². The molecule has 98 valence electrons. The average Bonchev–Trinajstić information content (AvgIpc) is 2.80. The second kappa shape index (κ2) is 4.80. The Balaban J connectivity index is 1.75. The van der Waals surface area contributed by atoms with E-state index in [4.69, 9.17) is 5.73 Å². The van der Waals surface area contributed by atoms with Crippen molar-refractivity contribution in [1.82, 2.24) is 4.57 Å². The molecule has 1 aromatic heterocycles. The molecule has 0 saturated carbocycles. The first kappa shape index (κ1) is 11.8. The molecule has 1 aromatic carbocycles. The Labute approximate surface area is 112 Å². The zero-order valence-corrected chi connectivity index (χ0v) is 10.7. The molecule has 0 amide bonds. The summed E-state index contributed by atoms with van der Waals surface area (Å²) in [7, 11) is 0. The van der Waals surface area contributed by atoms with Crippen LogP contribution in [-0.4, -0.2) is 17.7 Å². The molecule has 0 unspecified atom stereocenters. The molecule has 0 radical (unpaired) electrons. The van der Waals surface area contributed by atoms with Crippen LogP contribution in [0.4, 0.5) is 11.4 Å². The van der Waals surface area contributed by atoms with Crippen LogP contribution in [0.2, 0.25) is 0 Å². The summed E-state index contributed by atoms with van der Waals surface area (Å²) >= 11 is 0. The van der Waals surface area contributed by atoms with Crippen LogP contribution in [0, 0.1) is 0 Å². The Kier molecular flexibility index (Phi) is 2.99. The van der Waals surface area contributed by atoms with Crippen molar-refractivity contribution in [2.45, 2.75) is 13.0 Å². The van der Waals surface area contributed by atoms with E-state index in [1.807, 2.05) is 24.4 Å². The van der Waals surface area contributed by atoms with E-state index >= 15 is 0 Å². The van der Waals surface area contributed by atoms with Gasteiger partial charge in [0.15, 0.2) is 0 Å². The first-order valence-electron chi connectivity index (χ1n) is 6.53. The Morgan fingerprint density at radius 3 is 2.89 bits per heavy atom. The smallest absolute Gasteiger partial charge is 0.250 e. The van der Waals surface area contributed by atoms with Crippen molar-refractivity contribution in [1.29, 1.82) is 0 Å². The molecule has 3 rings (SSSR count). The zero-order valence-electron chi connectivity index (χ0n) is 10.7. The summed E-state index contributed by atoms with van der Waals surface area (Å²) in [6, 6.07) is 11.3. The highest BCUT2D eigenvalue weighted by Crippen LogP contribution is 2.29. The topological polar surface area (TPSA) is 51.3 Å². The standard InChI is InChI=1S/C15H17N3O/c16-13-5-4-12-6-8-17(14(12)11-13)9-10-18-7-2-1-3-15(18)19/h1-5,7,11H,6,8-10,16H2. The molecule has 2 aromatic rings. The van der Waals surface area contributed by atoms with E-state index in [0.29, 0.717) is 6.54 Å². The number of nitrogens with zero attached hydrogens (tertiary/aromatic N) is 2. The highest BCUT2D eigenvalue weighted by Gasteiger charge is 2.18. The summed E-state index contributed by atoms with van der Waals surface area (Å²) in [6.45, 7) is 2.54. The lowest BCUT2D eigenvalue weighted by atomic mass is 10.1. The molecule has 0 atom stereocenters. The summed E-state index contributed by atoms with van der Waals surface area (Å²) in [5.41, 5.74) is 9.24. The Morgan fingerprint density at radius 1 is 1.16 bits per heavy atom. The predicted octanol–water partition coefficient (Wildman–Crippen LogP) is 1.49. The second-order valence-electron chi connectivity index (χ2n) is 4.86. The predicted molar refractivity (Wildman–Crippen MR) is 77.5 cm³/mol. The van der Waals surface area contributed by atoms with Crippen LogP contribution in [0.15, 0.2) is 47.4 Å². The van der Waals surface area contributed by atoms with Gasteiger partial charge in [0.05, 0.1) is 0 Å². The van der Waals surface area contributed by atoms with Gasteiger partial charge in [0, 0.05) is 43.3 Å². The summed E-state index contributed by atoms with van der Waals surface area (Å²) < 4.78 is 1.74. The maximum atomic E-state index is 11.6. The SMILES string of the molecule is Nc1ccc2c(c1)N(CCn1ccccc1=O)CC2. The van der Waals surface area contributed by atoms with Gasteiger partial charge in [-0.1, -0.05) is 12.1 Å². The van der Waals surface area contributed by atoms with E-state index < -0.39 is 0 Å². The third-order valence-electron chi connectivity index (χ3n) is 3.61. The number of aromatic nitrogens is 1. The number of nitrogens with two attached hydrogens (primary N) is 1. The lowest BCUT2D eigenvalue weighted by Gasteiger charge is -2.20. The van der Waals surface area contributed by atoms with Crippen LogP contribution < -0.4 is 16.2 Å². The number of hydrogen-bond donors (Lipinski definition) is 1. The van der Waals surface area contributed by atoms with Crippen LogP contribution in [-0.2, 0) is 13.0 Å². The van der Waals surface area contributed by atoms with Crippen molar-refractivity contribution in [3.63, 3.8) is 0 Å². The van der Waals surface area contributed by atoms with Gasteiger partial charge in [-0.05, 0) is 30.2 Å². The molecule has 2 N–H and O–H groups in total. The minimum absolute atomic E-state index is 0.0505. The molecule has 4 nitrogen and oxygen atoms in total. The first-order valence-corrected chi connectivity index (χ1v) is 6.53. The minimum Gasteiger partial charge on any atom is -0.399 e. The summed E-state index contributed by atoms with van der Waals surface area (Å²) in [4.78, 5) is 13.9. The Hall–Kier alpha value is -2.23. The lowest BCUT2D eigenvalue weighted by Crippen LogP contribution is -2.29. The highest BCUT2D eigenvalue weighted by molar-refractivity contribution is 5.64. The largest absolute Gasteiger partial charge is 0.399 e. The van der Waals surface area contributed by atoms with Crippen molar-refractivity contribution < 1.29 is 0 Å². The van der Waals surface area contributed by atoms with Crippen LogP contribution in [0.3, 0.4) is 0 Å². The molecule has 4 heteroatoms. The van der Waals surface area contributed by atoms with Gasteiger partial charge in [-0.2, -0.15) is 0 Å². The van der Waals surface area contributed by atoms with Crippen LogP contribution in [0.25, 0.3) is 0 Å². The van der Waals surface area contributed by atoms with Gasteiger partial charge in [-0.3, -0.25) is 4.79 Å². The van der Waals surface area contributed by atoms with Gasteiger partial charge in [0.2, 0.25) is 0 Å². The Morgan fingerprint density at radius 2 is 2.05 bits per heavy atom. The van der Waals surface area contributed by atoms with Gasteiger partial charge in [-0.25, -0.2) is 0 Å². The van der Waals surface area contributed by atoms with E-state index in [2.05, 4.69) is 11.0 Å². The maximum Gasteiger partial charge on any atom is 0.250 e. The number of anilines is 2. The van der Waals surface area contributed by atoms with Crippen molar-refractivity contribution in [2.24, 2.45) is 0 Å². The molecular formula is C15H17N3O. The maximum absolute atomic E-state index is 11.6. The number of benzene rings is 1. The number of nitrogen functional groups attached to an aromatic ring is 1. The first-order chi connectivity index (χ1) is 9.24. The molecule has 0 saturated heterocycles. The number of rotatable bonds is 3. The molecule has 0 bridgehead atoms. The fourth-order valence-electron chi connectivity index (χ4n) is 2.57. The summed E-state index contributed by atoms with van der Waals surface area (Å²) in [5, 5.41) is 0. The van der Waals surface area contributed by atoms with Gasteiger partial charge >= 0.3 is 0 Å². The van der Waals surface area contributed by atoms with E-state index in [1.165, 1.54) is 11.3 Å².